The molecule has 1 aromatic carbocycles. The molecular weight excluding hydrogens is 202 g/mol. The van der Waals surface area contributed by atoms with Crippen LogP contribution in [0.25, 0.3) is 0 Å². The lowest BCUT2D eigenvalue weighted by atomic mass is 10.1. The molecule has 80 valence electrons. The first-order valence-electron chi connectivity index (χ1n) is 4.20. The van der Waals surface area contributed by atoms with Crippen LogP contribution in [0, 0.1) is 11.6 Å². The van der Waals surface area contributed by atoms with Crippen LogP contribution < -0.4 is 11.1 Å². The van der Waals surface area contributed by atoms with Gasteiger partial charge in [-0.2, -0.15) is 0 Å². The van der Waals surface area contributed by atoms with Gasteiger partial charge in [0.15, 0.2) is 11.6 Å². The van der Waals surface area contributed by atoms with Gasteiger partial charge in [0.05, 0.1) is 0 Å². The molecule has 0 radical (unpaired) electrons. The first-order chi connectivity index (χ1) is 7.08. The molecule has 15 heavy (non-hydrogen) atoms. The van der Waals surface area contributed by atoms with Gasteiger partial charge < -0.3 is 11.1 Å². The van der Waals surface area contributed by atoms with E-state index in [1.807, 2.05) is 0 Å². The van der Waals surface area contributed by atoms with E-state index in [0.29, 0.717) is 5.56 Å². The minimum atomic E-state index is -1.04. The number of hydrogen-bond acceptors (Lipinski definition) is 2. The number of amides is 1. The van der Waals surface area contributed by atoms with Gasteiger partial charge >= 0.3 is 0 Å². The molecule has 0 saturated heterocycles. The molecule has 1 amide bonds. The van der Waals surface area contributed by atoms with Crippen molar-refractivity contribution in [3.8, 4) is 0 Å². The van der Waals surface area contributed by atoms with Gasteiger partial charge in [-0.1, -0.05) is 6.58 Å². The first kappa shape index (κ1) is 11.3. The highest BCUT2D eigenvalue weighted by Crippen LogP contribution is 2.19. The third-order valence-electron chi connectivity index (χ3n) is 1.81. The average Bonchev–Trinajstić information content (AvgIpc) is 2.22. The van der Waals surface area contributed by atoms with Crippen molar-refractivity contribution in [3.05, 3.63) is 42.0 Å². The molecule has 1 rings (SSSR count). The van der Waals surface area contributed by atoms with Crippen LogP contribution >= 0.6 is 0 Å². The maximum absolute atomic E-state index is 12.9. The first-order valence-corrected chi connectivity index (χ1v) is 4.20. The van der Waals surface area contributed by atoms with Gasteiger partial charge in [-0.3, -0.25) is 4.79 Å². The van der Waals surface area contributed by atoms with Crippen molar-refractivity contribution in [1.29, 1.82) is 0 Å². The number of nitrogens with two attached hydrogens (primary N) is 1. The van der Waals surface area contributed by atoms with Gasteiger partial charge in [0.2, 0.25) is 5.91 Å². The van der Waals surface area contributed by atoms with Crippen LogP contribution in [0.15, 0.2) is 24.8 Å². The largest absolute Gasteiger partial charge is 0.326 e. The smallest absolute Gasteiger partial charge is 0.247 e. The second-order valence-electron chi connectivity index (χ2n) is 2.82. The number of carbonyl (C=O) groups excluding carboxylic acids is 1. The van der Waals surface area contributed by atoms with E-state index in [9.17, 15) is 13.6 Å². The summed E-state index contributed by atoms with van der Waals surface area (Å²) in [6.45, 7) is 3.25. The summed E-state index contributed by atoms with van der Waals surface area (Å²) in [5, 5.41) is 2.34. The van der Waals surface area contributed by atoms with Crippen molar-refractivity contribution in [2.75, 3.05) is 5.32 Å². The summed E-state index contributed by atoms with van der Waals surface area (Å²) in [5.41, 5.74) is 5.80. The number of hydrogen-bond donors (Lipinski definition) is 2. The van der Waals surface area contributed by atoms with Crippen molar-refractivity contribution in [3.63, 3.8) is 0 Å². The normalized spacial score (nSPS) is 9.80. The summed E-state index contributed by atoms with van der Waals surface area (Å²) in [5.74, 6) is -2.53. The molecule has 1 aromatic rings. The van der Waals surface area contributed by atoms with E-state index in [1.165, 1.54) is 0 Å². The van der Waals surface area contributed by atoms with Crippen LogP contribution in [0.1, 0.15) is 5.56 Å². The highest BCUT2D eigenvalue weighted by atomic mass is 19.2. The molecule has 5 heteroatoms. The molecule has 0 aliphatic heterocycles. The highest BCUT2D eigenvalue weighted by molar-refractivity contribution is 5.99. The van der Waals surface area contributed by atoms with Crippen LogP contribution in [-0.2, 0) is 11.3 Å². The molecule has 0 aliphatic carbocycles. The second kappa shape index (κ2) is 4.65. The standard InChI is InChI=1S/C10H10F2N2O/c1-2-10(15)14-9-4-8(12)7(11)3-6(9)5-13/h2-4H,1,5,13H2,(H,14,15). The van der Waals surface area contributed by atoms with Crippen LogP contribution in [0.3, 0.4) is 0 Å². The Kier molecular flexibility index (Phi) is 3.51. The third kappa shape index (κ3) is 2.60. The number of benzene rings is 1. The number of rotatable bonds is 3. The average molecular weight is 212 g/mol. The summed E-state index contributed by atoms with van der Waals surface area (Å²) in [7, 11) is 0. The Hall–Kier alpha value is -1.75. The fourth-order valence-corrected chi connectivity index (χ4v) is 1.06. The molecule has 0 heterocycles. The summed E-state index contributed by atoms with van der Waals surface area (Å²) >= 11 is 0. The molecule has 0 aliphatic rings. The Labute approximate surface area is 85.6 Å². The van der Waals surface area contributed by atoms with Gasteiger partial charge in [0, 0.05) is 18.3 Å². The van der Waals surface area contributed by atoms with E-state index in [0.717, 1.165) is 18.2 Å². The lowest BCUT2D eigenvalue weighted by molar-refractivity contribution is -0.111. The quantitative estimate of drug-likeness (QED) is 0.747. The summed E-state index contributed by atoms with van der Waals surface area (Å²) < 4.78 is 25.7. The third-order valence-corrected chi connectivity index (χ3v) is 1.81. The molecule has 0 saturated carbocycles. The van der Waals surface area contributed by atoms with Crippen molar-refractivity contribution >= 4 is 11.6 Å². The lowest BCUT2D eigenvalue weighted by Gasteiger charge is -2.08. The van der Waals surface area contributed by atoms with E-state index in [1.54, 1.807) is 0 Å². The van der Waals surface area contributed by atoms with Crippen LogP contribution in [0.4, 0.5) is 14.5 Å². The number of anilines is 1. The van der Waals surface area contributed by atoms with Gasteiger partial charge in [-0.15, -0.1) is 0 Å². The molecule has 3 nitrogen and oxygen atoms in total. The SMILES string of the molecule is C=CC(=O)Nc1cc(F)c(F)cc1CN. The van der Waals surface area contributed by atoms with Gasteiger partial charge in [-0.05, 0) is 17.7 Å². The Morgan fingerprint density at radius 3 is 2.60 bits per heavy atom. The zero-order chi connectivity index (χ0) is 11.4. The molecule has 0 unspecified atom stereocenters. The van der Waals surface area contributed by atoms with E-state index < -0.39 is 17.5 Å². The Morgan fingerprint density at radius 2 is 2.07 bits per heavy atom. The highest BCUT2D eigenvalue weighted by Gasteiger charge is 2.09. The van der Waals surface area contributed by atoms with Crippen molar-refractivity contribution in [1.82, 2.24) is 0 Å². The topological polar surface area (TPSA) is 55.1 Å². The van der Waals surface area contributed by atoms with E-state index in [2.05, 4.69) is 11.9 Å². The van der Waals surface area contributed by atoms with Crippen LogP contribution in [-0.4, -0.2) is 5.91 Å². The molecule has 0 fully saturated rings. The van der Waals surface area contributed by atoms with E-state index >= 15 is 0 Å². The summed E-state index contributed by atoms with van der Waals surface area (Å²) in [4.78, 5) is 11.0. The van der Waals surface area contributed by atoms with E-state index in [-0.39, 0.29) is 12.2 Å². The zero-order valence-electron chi connectivity index (χ0n) is 7.89. The van der Waals surface area contributed by atoms with Crippen molar-refractivity contribution in [2.24, 2.45) is 5.73 Å². The van der Waals surface area contributed by atoms with Gasteiger partial charge in [-0.25, -0.2) is 8.78 Å². The minimum absolute atomic E-state index is 0.00392. The lowest BCUT2D eigenvalue weighted by Crippen LogP contribution is -2.12. The maximum Gasteiger partial charge on any atom is 0.247 e. The minimum Gasteiger partial charge on any atom is -0.326 e. The number of nitrogens with one attached hydrogen (secondary N) is 1. The predicted octanol–water partition coefficient (Wildman–Crippen LogP) is 1.55. The van der Waals surface area contributed by atoms with Crippen LogP contribution in [0.5, 0.6) is 0 Å². The van der Waals surface area contributed by atoms with Crippen LogP contribution in [0.2, 0.25) is 0 Å². The van der Waals surface area contributed by atoms with Gasteiger partial charge in [0.25, 0.3) is 0 Å². The monoisotopic (exact) mass is 212 g/mol. The van der Waals surface area contributed by atoms with Crippen molar-refractivity contribution < 1.29 is 13.6 Å². The van der Waals surface area contributed by atoms with Crippen molar-refractivity contribution in [2.45, 2.75) is 6.54 Å². The molecule has 3 N–H and O–H groups in total. The Bertz CT molecular complexity index is 405. The fourth-order valence-electron chi connectivity index (χ4n) is 1.06. The molecule has 0 spiro atoms. The van der Waals surface area contributed by atoms with E-state index in [4.69, 9.17) is 5.73 Å². The Morgan fingerprint density at radius 1 is 1.47 bits per heavy atom. The summed E-state index contributed by atoms with van der Waals surface area (Å²) in [6, 6.07) is 1.84. The second-order valence-corrected chi connectivity index (χ2v) is 2.82. The molecule has 0 aromatic heterocycles. The Balaban J connectivity index is 3.10. The molecule has 0 atom stereocenters. The molecular formula is C10H10F2N2O. The molecule has 0 bridgehead atoms. The van der Waals surface area contributed by atoms with Gasteiger partial charge in [0.1, 0.15) is 0 Å². The summed E-state index contributed by atoms with van der Waals surface area (Å²) in [6.07, 6.45) is 1.03. The number of halogens is 2. The maximum atomic E-state index is 12.9. The zero-order valence-corrected chi connectivity index (χ0v) is 7.89. The predicted molar refractivity (Wildman–Crippen MR) is 53.1 cm³/mol. The number of carbonyl (C=O) groups is 1. The fraction of sp³-hybridized carbons (Fsp3) is 0.100.